The molecule has 2 aromatic rings. The van der Waals surface area contributed by atoms with Crippen LogP contribution < -0.4 is 4.72 Å². The van der Waals surface area contributed by atoms with E-state index in [9.17, 15) is 17.2 Å². The predicted molar refractivity (Wildman–Crippen MR) is 80.3 cm³/mol. The molecule has 1 N–H and O–H groups in total. The first-order valence-electron chi connectivity index (χ1n) is 6.02. The molecule has 2 aromatic carbocycles. The molecule has 0 spiro atoms. The van der Waals surface area contributed by atoms with Gasteiger partial charge in [0.25, 0.3) is 15.8 Å². The lowest BCUT2D eigenvalue weighted by Crippen LogP contribution is -2.13. The molecule has 21 heavy (non-hydrogen) atoms. The number of thioether (sulfide) groups is 1. The van der Waals surface area contributed by atoms with E-state index in [0.29, 0.717) is 11.8 Å². The van der Waals surface area contributed by atoms with Crippen LogP contribution >= 0.6 is 11.8 Å². The molecule has 0 saturated heterocycles. The molecule has 112 valence electrons. The van der Waals surface area contributed by atoms with Gasteiger partial charge in [0.1, 0.15) is 0 Å². The Kier molecular flexibility index (Phi) is 4.84. The number of halogens is 2. The zero-order chi connectivity index (χ0) is 15.5. The number of anilines is 1. The molecule has 7 heteroatoms. The average Bonchev–Trinajstić information content (AvgIpc) is 2.40. The molecule has 2 rings (SSSR count). The first-order valence-corrected chi connectivity index (χ1v) is 8.38. The molecule has 0 heterocycles. The van der Waals surface area contributed by atoms with Crippen molar-refractivity contribution in [1.82, 2.24) is 0 Å². The minimum atomic E-state index is -3.80. The fourth-order valence-electron chi connectivity index (χ4n) is 1.67. The topological polar surface area (TPSA) is 46.2 Å². The Labute approximate surface area is 126 Å². The van der Waals surface area contributed by atoms with E-state index in [1.165, 1.54) is 24.3 Å². The third-order valence-electron chi connectivity index (χ3n) is 2.68. The quantitative estimate of drug-likeness (QED) is 0.840. The summed E-state index contributed by atoms with van der Waals surface area (Å²) in [6, 6.07) is 12.4. The van der Waals surface area contributed by atoms with Crippen LogP contribution in [-0.2, 0) is 10.0 Å². The van der Waals surface area contributed by atoms with Crippen molar-refractivity contribution in [3.63, 3.8) is 0 Å². The summed E-state index contributed by atoms with van der Waals surface area (Å²) in [7, 11) is -3.80. The Morgan fingerprint density at radius 2 is 1.67 bits per heavy atom. The highest BCUT2D eigenvalue weighted by Crippen LogP contribution is 2.32. The van der Waals surface area contributed by atoms with E-state index in [1.54, 1.807) is 24.3 Å². The number of aryl methyl sites for hydroxylation is 1. The van der Waals surface area contributed by atoms with Gasteiger partial charge in [0.05, 0.1) is 10.6 Å². The summed E-state index contributed by atoms with van der Waals surface area (Å²) in [5, 5.41) is 0. The molecule has 0 fully saturated rings. The molecule has 0 saturated carbocycles. The van der Waals surface area contributed by atoms with E-state index < -0.39 is 15.8 Å². The number of nitrogens with one attached hydrogen (secondary N) is 1. The van der Waals surface area contributed by atoms with Gasteiger partial charge in [0.2, 0.25) is 0 Å². The lowest BCUT2D eigenvalue weighted by atomic mass is 10.2. The van der Waals surface area contributed by atoms with Gasteiger partial charge in [-0.05, 0) is 31.2 Å². The smallest absolute Gasteiger partial charge is 0.278 e. The van der Waals surface area contributed by atoms with E-state index in [2.05, 4.69) is 4.72 Å². The van der Waals surface area contributed by atoms with Crippen LogP contribution in [0.25, 0.3) is 0 Å². The average molecular weight is 329 g/mol. The maximum Gasteiger partial charge on any atom is 0.288 e. The van der Waals surface area contributed by atoms with Gasteiger partial charge in [-0.2, -0.15) is 8.78 Å². The molecule has 0 radical (unpaired) electrons. The van der Waals surface area contributed by atoms with Crippen molar-refractivity contribution in [3.8, 4) is 0 Å². The van der Waals surface area contributed by atoms with Gasteiger partial charge < -0.3 is 0 Å². The lowest BCUT2D eigenvalue weighted by molar-refractivity contribution is 0.252. The van der Waals surface area contributed by atoms with E-state index in [0.717, 1.165) is 5.56 Å². The Morgan fingerprint density at radius 3 is 2.29 bits per heavy atom. The van der Waals surface area contributed by atoms with Gasteiger partial charge in [-0.25, -0.2) is 8.42 Å². The van der Waals surface area contributed by atoms with E-state index in [1.807, 2.05) is 6.92 Å². The van der Waals surface area contributed by atoms with Crippen molar-refractivity contribution < 1.29 is 17.2 Å². The van der Waals surface area contributed by atoms with Crippen molar-refractivity contribution in [3.05, 3.63) is 54.1 Å². The van der Waals surface area contributed by atoms with Crippen LogP contribution in [0, 0.1) is 6.92 Å². The Bertz CT molecular complexity index is 716. The minimum absolute atomic E-state index is 0.0879. The van der Waals surface area contributed by atoms with Gasteiger partial charge in [-0.15, -0.1) is 0 Å². The molecular weight excluding hydrogens is 316 g/mol. The minimum Gasteiger partial charge on any atom is -0.278 e. The summed E-state index contributed by atoms with van der Waals surface area (Å²) in [5.41, 5.74) is 1.07. The Hall–Kier alpha value is -1.60. The highest BCUT2D eigenvalue weighted by atomic mass is 32.2. The molecule has 3 nitrogen and oxygen atoms in total. The Balaban J connectivity index is 2.30. The third kappa shape index (κ3) is 4.18. The number of hydrogen-bond acceptors (Lipinski definition) is 3. The van der Waals surface area contributed by atoms with Crippen LogP contribution in [-0.4, -0.2) is 14.2 Å². The van der Waals surface area contributed by atoms with Crippen LogP contribution in [0.15, 0.2) is 58.3 Å². The van der Waals surface area contributed by atoms with Crippen molar-refractivity contribution in [2.75, 3.05) is 4.72 Å². The largest absolute Gasteiger partial charge is 0.288 e. The first-order chi connectivity index (χ1) is 9.88. The van der Waals surface area contributed by atoms with E-state index in [4.69, 9.17) is 0 Å². The molecule has 0 atom stereocenters. The second-order valence-corrected chi connectivity index (χ2v) is 7.01. The standard InChI is InChI=1S/C14H13F2NO2S2/c1-10-6-8-11(9-7-10)21(18,19)17-12-4-2-3-5-13(12)20-14(15)16/h2-9,14,17H,1H3. The summed E-state index contributed by atoms with van der Waals surface area (Å²) in [5.74, 6) is -2.62. The molecule has 0 aromatic heterocycles. The van der Waals surface area contributed by atoms with Gasteiger partial charge in [-0.3, -0.25) is 4.72 Å². The van der Waals surface area contributed by atoms with E-state index >= 15 is 0 Å². The SMILES string of the molecule is Cc1ccc(S(=O)(=O)Nc2ccccc2SC(F)F)cc1. The summed E-state index contributed by atoms with van der Waals surface area (Å²) in [4.78, 5) is 0.271. The molecular formula is C14H13F2NO2S2. The van der Waals surface area contributed by atoms with Gasteiger partial charge in [0.15, 0.2) is 0 Å². The fourth-order valence-corrected chi connectivity index (χ4v) is 3.41. The fraction of sp³-hybridized carbons (Fsp3) is 0.143. The van der Waals surface area contributed by atoms with Crippen molar-refractivity contribution in [2.24, 2.45) is 0 Å². The van der Waals surface area contributed by atoms with Crippen molar-refractivity contribution >= 4 is 27.5 Å². The first kappa shape index (κ1) is 15.8. The van der Waals surface area contributed by atoms with Crippen LogP contribution in [0.3, 0.4) is 0 Å². The number of sulfonamides is 1. The zero-order valence-corrected chi connectivity index (χ0v) is 12.7. The maximum atomic E-state index is 12.5. The predicted octanol–water partition coefficient (Wildman–Crippen LogP) is 4.11. The Morgan fingerprint density at radius 1 is 1.05 bits per heavy atom. The van der Waals surface area contributed by atoms with Crippen LogP contribution in [0.2, 0.25) is 0 Å². The zero-order valence-electron chi connectivity index (χ0n) is 11.1. The normalized spacial score (nSPS) is 11.6. The van der Waals surface area contributed by atoms with Crippen molar-refractivity contribution in [2.45, 2.75) is 22.5 Å². The third-order valence-corrected chi connectivity index (χ3v) is 4.85. The maximum absolute atomic E-state index is 12.5. The van der Waals surface area contributed by atoms with Gasteiger partial charge in [0, 0.05) is 4.90 Å². The molecule has 0 bridgehead atoms. The number of rotatable bonds is 5. The van der Waals surface area contributed by atoms with Crippen molar-refractivity contribution in [1.29, 1.82) is 0 Å². The molecule has 0 aliphatic heterocycles. The van der Waals surface area contributed by atoms with Crippen LogP contribution in [0.5, 0.6) is 0 Å². The summed E-state index contributed by atoms with van der Waals surface area (Å²) in [6.07, 6.45) is 0. The molecule has 0 aliphatic rings. The molecule has 0 aliphatic carbocycles. The second-order valence-electron chi connectivity index (χ2n) is 4.29. The molecule has 0 amide bonds. The summed E-state index contributed by atoms with van der Waals surface area (Å²) >= 11 is 0.303. The molecule has 0 unspecified atom stereocenters. The number of hydrogen-bond donors (Lipinski definition) is 1. The van der Waals surface area contributed by atoms with E-state index in [-0.39, 0.29) is 15.5 Å². The number of alkyl halides is 2. The summed E-state index contributed by atoms with van der Waals surface area (Å²) in [6.45, 7) is 1.85. The second kappa shape index (κ2) is 6.44. The lowest BCUT2D eigenvalue weighted by Gasteiger charge is -2.12. The number of benzene rings is 2. The monoisotopic (exact) mass is 329 g/mol. The van der Waals surface area contributed by atoms with Gasteiger partial charge >= 0.3 is 0 Å². The summed E-state index contributed by atoms with van der Waals surface area (Å²) < 4.78 is 51.8. The van der Waals surface area contributed by atoms with Crippen LogP contribution in [0.4, 0.5) is 14.5 Å². The van der Waals surface area contributed by atoms with Crippen LogP contribution in [0.1, 0.15) is 5.56 Å². The highest BCUT2D eigenvalue weighted by molar-refractivity contribution is 7.99. The van der Waals surface area contributed by atoms with Gasteiger partial charge in [-0.1, -0.05) is 41.6 Å². The highest BCUT2D eigenvalue weighted by Gasteiger charge is 2.17. The number of para-hydroxylation sites is 1.